The Bertz CT molecular complexity index is 443. The van der Waals surface area contributed by atoms with Crippen molar-refractivity contribution in [3.8, 4) is 10.7 Å². The summed E-state index contributed by atoms with van der Waals surface area (Å²) in [7, 11) is 0. The molecule has 0 spiro atoms. The molecule has 2 N–H and O–H groups in total. The molecule has 1 fully saturated rings. The molecule has 0 amide bonds. The van der Waals surface area contributed by atoms with Crippen LogP contribution in [0, 0.1) is 0 Å². The summed E-state index contributed by atoms with van der Waals surface area (Å²) >= 11 is 1.65. The second kappa shape index (κ2) is 4.31. The number of quaternary nitrogens is 1. The first-order valence-electron chi connectivity index (χ1n) is 5.58. The van der Waals surface area contributed by atoms with Crippen LogP contribution in [0.2, 0.25) is 0 Å². The number of nitrogens with zero attached hydrogens (tertiary/aromatic N) is 4. The topological polar surface area (TPSA) is 60.2 Å². The van der Waals surface area contributed by atoms with Gasteiger partial charge in [0.2, 0.25) is 5.82 Å². The number of hydrogen-bond acceptors (Lipinski definition) is 4. The second-order valence-corrected chi connectivity index (χ2v) is 4.96. The monoisotopic (exact) mass is 236 g/mol. The van der Waals surface area contributed by atoms with Crippen molar-refractivity contribution < 1.29 is 5.32 Å². The van der Waals surface area contributed by atoms with Crippen molar-refractivity contribution in [2.45, 2.75) is 18.9 Å². The van der Waals surface area contributed by atoms with E-state index in [1.54, 1.807) is 16.1 Å². The molecular weight excluding hydrogens is 222 g/mol. The standard InChI is InChI=1S/C10H13N5S/c1-2-9(16-7-1)10-12-14-15(13-10)8-3-5-11-6-4-8/h1-2,7-8,11H,3-6H2/p+1. The van der Waals surface area contributed by atoms with E-state index in [-0.39, 0.29) is 0 Å². The minimum Gasteiger partial charge on any atom is -0.346 e. The fourth-order valence-corrected chi connectivity index (χ4v) is 2.67. The van der Waals surface area contributed by atoms with Crippen LogP contribution in [0.15, 0.2) is 17.5 Å². The first-order chi connectivity index (χ1) is 7.93. The molecule has 0 unspecified atom stereocenters. The largest absolute Gasteiger partial charge is 0.346 e. The van der Waals surface area contributed by atoms with Gasteiger partial charge in [-0.15, -0.1) is 21.5 Å². The van der Waals surface area contributed by atoms with Crippen molar-refractivity contribution in [3.63, 3.8) is 0 Å². The summed E-state index contributed by atoms with van der Waals surface area (Å²) in [5.74, 6) is 0.754. The van der Waals surface area contributed by atoms with Crippen molar-refractivity contribution in [2.24, 2.45) is 0 Å². The molecule has 0 atom stereocenters. The van der Waals surface area contributed by atoms with Gasteiger partial charge in [0.25, 0.3) is 0 Å². The van der Waals surface area contributed by atoms with Gasteiger partial charge >= 0.3 is 0 Å². The Morgan fingerprint density at radius 1 is 1.38 bits per heavy atom. The Morgan fingerprint density at radius 2 is 2.25 bits per heavy atom. The third-order valence-corrected chi connectivity index (χ3v) is 3.77. The first kappa shape index (κ1) is 9.92. The maximum atomic E-state index is 4.47. The molecule has 84 valence electrons. The lowest BCUT2D eigenvalue weighted by Crippen LogP contribution is -2.86. The summed E-state index contributed by atoms with van der Waals surface area (Å²) < 4.78 is 0. The van der Waals surface area contributed by atoms with E-state index >= 15 is 0 Å². The molecule has 0 aliphatic carbocycles. The molecule has 16 heavy (non-hydrogen) atoms. The van der Waals surface area contributed by atoms with Crippen LogP contribution in [-0.4, -0.2) is 33.3 Å². The van der Waals surface area contributed by atoms with Crippen LogP contribution in [-0.2, 0) is 0 Å². The van der Waals surface area contributed by atoms with Gasteiger partial charge in [-0.1, -0.05) is 6.07 Å². The number of aromatic nitrogens is 4. The molecule has 1 aliphatic rings. The molecule has 2 aromatic heterocycles. The van der Waals surface area contributed by atoms with Gasteiger partial charge in [0.15, 0.2) is 0 Å². The van der Waals surface area contributed by atoms with Gasteiger partial charge in [0, 0.05) is 12.8 Å². The van der Waals surface area contributed by atoms with Crippen LogP contribution in [0.1, 0.15) is 18.9 Å². The fraction of sp³-hybridized carbons (Fsp3) is 0.500. The lowest BCUT2D eigenvalue weighted by Gasteiger charge is -2.18. The highest BCUT2D eigenvalue weighted by molar-refractivity contribution is 7.13. The van der Waals surface area contributed by atoms with Crippen molar-refractivity contribution in [2.75, 3.05) is 13.1 Å². The van der Waals surface area contributed by atoms with Gasteiger partial charge in [-0.2, -0.15) is 4.80 Å². The van der Waals surface area contributed by atoms with Gasteiger partial charge in [0.1, 0.15) is 0 Å². The molecule has 0 radical (unpaired) electrons. The van der Waals surface area contributed by atoms with E-state index in [1.807, 2.05) is 17.5 Å². The van der Waals surface area contributed by atoms with Crippen LogP contribution in [0.25, 0.3) is 10.7 Å². The van der Waals surface area contributed by atoms with Crippen LogP contribution < -0.4 is 5.32 Å². The minimum atomic E-state index is 0.436. The highest BCUT2D eigenvalue weighted by Gasteiger charge is 2.20. The molecule has 5 nitrogen and oxygen atoms in total. The summed E-state index contributed by atoms with van der Waals surface area (Å²) in [4.78, 5) is 2.89. The summed E-state index contributed by atoms with van der Waals surface area (Å²) in [6, 6.07) is 4.47. The average molecular weight is 236 g/mol. The smallest absolute Gasteiger partial charge is 0.214 e. The van der Waals surface area contributed by atoms with E-state index in [0.29, 0.717) is 6.04 Å². The molecule has 3 rings (SSSR count). The van der Waals surface area contributed by atoms with Crippen molar-refractivity contribution in [1.29, 1.82) is 0 Å². The van der Waals surface area contributed by atoms with E-state index in [2.05, 4.69) is 20.7 Å². The third kappa shape index (κ3) is 1.85. The van der Waals surface area contributed by atoms with E-state index in [1.165, 1.54) is 13.1 Å². The molecular formula is C10H14N5S+. The quantitative estimate of drug-likeness (QED) is 0.816. The van der Waals surface area contributed by atoms with Crippen molar-refractivity contribution >= 4 is 11.3 Å². The lowest BCUT2D eigenvalue weighted by atomic mass is 10.1. The summed E-state index contributed by atoms with van der Waals surface area (Å²) in [6.07, 6.45) is 2.28. The lowest BCUT2D eigenvalue weighted by molar-refractivity contribution is -0.664. The Morgan fingerprint density at radius 3 is 3.00 bits per heavy atom. The van der Waals surface area contributed by atoms with Crippen LogP contribution in [0.4, 0.5) is 0 Å². The molecule has 2 aromatic rings. The first-order valence-corrected chi connectivity index (χ1v) is 6.46. The normalized spacial score (nSPS) is 17.8. The molecule has 6 heteroatoms. The zero-order valence-electron chi connectivity index (χ0n) is 8.91. The highest BCUT2D eigenvalue weighted by Crippen LogP contribution is 2.21. The zero-order valence-corrected chi connectivity index (χ0v) is 9.73. The summed E-state index contributed by atoms with van der Waals surface area (Å²) in [5.41, 5.74) is 0. The van der Waals surface area contributed by atoms with Gasteiger partial charge < -0.3 is 5.32 Å². The third-order valence-electron chi connectivity index (χ3n) is 2.90. The van der Waals surface area contributed by atoms with E-state index in [0.717, 1.165) is 23.5 Å². The maximum Gasteiger partial charge on any atom is 0.214 e. The maximum absolute atomic E-state index is 4.47. The number of thiophene rings is 1. The van der Waals surface area contributed by atoms with E-state index < -0.39 is 0 Å². The number of tetrazole rings is 1. The van der Waals surface area contributed by atoms with Gasteiger partial charge in [-0.25, -0.2) is 0 Å². The van der Waals surface area contributed by atoms with Crippen molar-refractivity contribution in [1.82, 2.24) is 20.2 Å². The molecule has 1 saturated heterocycles. The van der Waals surface area contributed by atoms with Gasteiger partial charge in [-0.3, -0.25) is 0 Å². The molecule has 0 saturated carbocycles. The fourth-order valence-electron chi connectivity index (χ4n) is 2.02. The Balaban J connectivity index is 1.82. The Labute approximate surface area is 97.5 Å². The molecule has 3 heterocycles. The number of rotatable bonds is 2. The van der Waals surface area contributed by atoms with E-state index in [9.17, 15) is 0 Å². The minimum absolute atomic E-state index is 0.436. The molecule has 1 aliphatic heterocycles. The molecule has 0 aromatic carbocycles. The second-order valence-electron chi connectivity index (χ2n) is 4.01. The van der Waals surface area contributed by atoms with Crippen LogP contribution >= 0.6 is 11.3 Å². The number of nitrogens with two attached hydrogens (primary N) is 1. The number of piperidine rings is 1. The highest BCUT2D eigenvalue weighted by atomic mass is 32.1. The van der Waals surface area contributed by atoms with Crippen LogP contribution in [0.5, 0.6) is 0 Å². The van der Waals surface area contributed by atoms with Gasteiger partial charge in [-0.05, 0) is 16.7 Å². The summed E-state index contributed by atoms with van der Waals surface area (Å²) in [5, 5.41) is 17.1. The van der Waals surface area contributed by atoms with Crippen LogP contribution in [0.3, 0.4) is 0 Å². The predicted molar refractivity (Wildman–Crippen MR) is 61.1 cm³/mol. The van der Waals surface area contributed by atoms with Crippen molar-refractivity contribution in [3.05, 3.63) is 17.5 Å². The zero-order chi connectivity index (χ0) is 10.8. The molecule has 0 bridgehead atoms. The average Bonchev–Trinajstić information content (AvgIpc) is 3.01. The number of hydrogen-bond donors (Lipinski definition) is 1. The Hall–Kier alpha value is -1.27. The van der Waals surface area contributed by atoms with Gasteiger partial charge in [0.05, 0.1) is 24.0 Å². The SMILES string of the molecule is c1csc(-c2nnn(C3CC[NH2+]CC3)n2)c1. The van der Waals surface area contributed by atoms with E-state index in [4.69, 9.17) is 0 Å². The predicted octanol–water partition coefficient (Wildman–Crippen LogP) is 0.300. The summed E-state index contributed by atoms with van der Waals surface area (Å²) in [6.45, 7) is 2.33. The Kier molecular flexibility index (Phi) is 2.67.